The number of aliphatic hydroxyl groups is 4. The molecule has 1 heterocycles. The van der Waals surface area contributed by atoms with Gasteiger partial charge in [0, 0.05) is 36.5 Å². The van der Waals surface area contributed by atoms with Crippen LogP contribution in [0, 0.1) is 39.9 Å². The molecule has 1 aromatic rings. The van der Waals surface area contributed by atoms with Gasteiger partial charge in [-0.3, -0.25) is 14.5 Å². The number of alkyl carbamates (subject to hydrolysis) is 2. The number of amides is 3. The van der Waals surface area contributed by atoms with Gasteiger partial charge in [-0.2, -0.15) is 5.26 Å². The van der Waals surface area contributed by atoms with Crippen LogP contribution in [0.3, 0.4) is 0 Å². The topological polar surface area (TPSA) is 231 Å². The van der Waals surface area contributed by atoms with Gasteiger partial charge in [-0.1, -0.05) is 31.2 Å². The van der Waals surface area contributed by atoms with Crippen molar-refractivity contribution in [1.29, 1.82) is 5.26 Å². The van der Waals surface area contributed by atoms with Crippen molar-refractivity contribution in [3.05, 3.63) is 35.4 Å². The lowest BCUT2D eigenvalue weighted by molar-refractivity contribution is -0.372. The van der Waals surface area contributed by atoms with Crippen LogP contribution in [0.5, 0.6) is 0 Å². The fraction of sp³-hybridized carbons (Fsp3) is 0.744. The van der Waals surface area contributed by atoms with Crippen molar-refractivity contribution < 1.29 is 53.8 Å². The van der Waals surface area contributed by atoms with Gasteiger partial charge in [-0.25, -0.2) is 9.59 Å². The average Bonchev–Trinajstić information content (AvgIpc) is 3.79. The number of rotatable bonds is 18. The lowest BCUT2D eigenvalue weighted by Gasteiger charge is -2.80. The Morgan fingerprint density at radius 3 is 2.37 bits per heavy atom. The second-order valence-electron chi connectivity index (χ2n) is 18.9. The molecule has 1 aliphatic heterocycles. The molecule has 1 spiro atoms. The zero-order chi connectivity index (χ0) is 42.5. The molecule has 0 radical (unpaired) electrons. The van der Waals surface area contributed by atoms with Gasteiger partial charge in [-0.15, -0.1) is 0 Å². The van der Waals surface area contributed by atoms with Gasteiger partial charge >= 0.3 is 12.2 Å². The van der Waals surface area contributed by atoms with Crippen LogP contribution in [0.1, 0.15) is 90.2 Å². The normalized spacial score (nSPS) is 32.9. The number of fused-ring (bicyclic) bond motifs is 2. The highest BCUT2D eigenvalue weighted by molar-refractivity contribution is 5.89. The molecule has 3 amide bonds. The molecule has 5 unspecified atom stereocenters. The first-order valence-corrected chi connectivity index (χ1v) is 21.2. The Labute approximate surface area is 345 Å². The number of likely N-dealkylation sites (tertiary alicyclic amines) is 1. The third-order valence-electron chi connectivity index (χ3n) is 14.5. The average molecular weight is 824 g/mol. The molecule has 324 valence electrons. The number of hydrogen-bond acceptors (Lipinski definition) is 13. The van der Waals surface area contributed by atoms with E-state index in [0.717, 1.165) is 49.7 Å². The molecule has 6 fully saturated rings. The monoisotopic (exact) mass is 823 g/mol. The SMILES string of the molecule is CCN(Cc1ccc(CNC(=O)OCCOC23CC4CC5CC([C@H](NC(=O)OC(C)(C)C)C(=O)N6[C@H](C#N)C[C@@H]7CC[C@@H]76)(C2)C43C5)cc1)C[C@H](O)C(=O)[C@H](O)[C@H](O)CO. The maximum Gasteiger partial charge on any atom is 0.408 e. The number of nitrogens with zero attached hydrogens (tertiary/aromatic N) is 3. The molecule has 0 aromatic heterocycles. The highest BCUT2D eigenvalue weighted by atomic mass is 16.6. The van der Waals surface area contributed by atoms with Gasteiger partial charge in [0.05, 0.1) is 24.9 Å². The van der Waals surface area contributed by atoms with Crippen molar-refractivity contribution in [3.8, 4) is 6.07 Å². The number of hydrogen-bond donors (Lipinski definition) is 6. The number of benzene rings is 1. The van der Waals surface area contributed by atoms with Crippen LogP contribution in [0.15, 0.2) is 24.3 Å². The molecule has 16 nitrogen and oxygen atoms in total. The summed E-state index contributed by atoms with van der Waals surface area (Å²) in [6.07, 6.45) is 0.520. The number of nitrogens with one attached hydrogen (secondary N) is 2. The number of carbonyl (C=O) groups excluding carboxylic acids is 4. The van der Waals surface area contributed by atoms with E-state index in [4.69, 9.17) is 19.3 Å². The van der Waals surface area contributed by atoms with Gasteiger partial charge in [0.15, 0.2) is 5.78 Å². The van der Waals surface area contributed by atoms with Crippen molar-refractivity contribution >= 4 is 23.9 Å². The van der Waals surface area contributed by atoms with Crippen LogP contribution in [-0.2, 0) is 36.9 Å². The summed E-state index contributed by atoms with van der Waals surface area (Å²) in [6.45, 7) is 7.74. The summed E-state index contributed by atoms with van der Waals surface area (Å²) in [4.78, 5) is 56.6. The van der Waals surface area contributed by atoms with Gasteiger partial charge in [0.25, 0.3) is 0 Å². The minimum atomic E-state index is -1.88. The third-order valence-corrected chi connectivity index (χ3v) is 14.5. The van der Waals surface area contributed by atoms with Crippen LogP contribution in [0.2, 0.25) is 0 Å². The molecule has 7 rings (SSSR count). The fourth-order valence-electron chi connectivity index (χ4n) is 12.1. The Morgan fingerprint density at radius 2 is 1.75 bits per heavy atom. The van der Waals surface area contributed by atoms with E-state index in [1.807, 2.05) is 31.2 Å². The maximum atomic E-state index is 14.7. The zero-order valence-electron chi connectivity index (χ0n) is 34.6. The van der Waals surface area contributed by atoms with Crippen LogP contribution >= 0.6 is 0 Å². The lowest BCUT2D eigenvalue weighted by Crippen LogP contribution is -2.84. The second kappa shape index (κ2) is 16.5. The molecule has 6 aliphatic rings. The van der Waals surface area contributed by atoms with Gasteiger partial charge in [-0.05, 0) is 108 Å². The molecular formula is C43H61N5O11. The number of carbonyl (C=O) groups is 4. The van der Waals surface area contributed by atoms with E-state index in [2.05, 4.69) is 16.7 Å². The number of Topliss-reactive ketones (excluding diaryl/α,β-unsaturated/α-hetero) is 1. The van der Waals surface area contributed by atoms with Crippen molar-refractivity contribution in [1.82, 2.24) is 20.4 Å². The highest BCUT2D eigenvalue weighted by Crippen LogP contribution is 2.89. The highest BCUT2D eigenvalue weighted by Gasteiger charge is 2.90. The van der Waals surface area contributed by atoms with Crippen molar-refractivity contribution in [3.63, 3.8) is 0 Å². The quantitative estimate of drug-likeness (QED) is 0.117. The summed E-state index contributed by atoms with van der Waals surface area (Å²) in [5.74, 6) is -0.0120. The summed E-state index contributed by atoms with van der Waals surface area (Å²) >= 11 is 0. The summed E-state index contributed by atoms with van der Waals surface area (Å²) in [5, 5.41) is 54.5. The predicted octanol–water partition coefficient (Wildman–Crippen LogP) is 2.14. The largest absolute Gasteiger partial charge is 0.447 e. The van der Waals surface area contributed by atoms with E-state index in [1.54, 1.807) is 30.6 Å². The van der Waals surface area contributed by atoms with Crippen LogP contribution in [0.4, 0.5) is 9.59 Å². The molecule has 2 bridgehead atoms. The standard InChI is InChI=1S/C43H61N5O11/c1-5-47(22-32(50)34(52)35(53)33(51)23-49)21-26-8-6-25(7-9-26)20-45-38(55)57-12-13-58-42-18-29-14-27-16-41(24-42,43(29,42)17-27)36(46-39(56)59-40(2,3)4)37(54)48-30(19-44)15-28-10-11-31(28)48/h6-9,27-33,35-36,49-51,53H,5,10-18,20-24H2,1-4H3,(H,45,55)(H,46,56)/t27?,28-,29?,30-,31-,32-,33+,35+,36+,41?,42?,43?/m0/s1. The van der Waals surface area contributed by atoms with Gasteiger partial charge in [0.2, 0.25) is 5.91 Å². The number of ketones is 1. The Morgan fingerprint density at radius 1 is 1.02 bits per heavy atom. The summed E-state index contributed by atoms with van der Waals surface area (Å²) < 4.78 is 17.9. The molecule has 1 saturated heterocycles. The van der Waals surface area contributed by atoms with E-state index >= 15 is 0 Å². The van der Waals surface area contributed by atoms with Crippen molar-refractivity contribution in [2.24, 2.45) is 28.6 Å². The minimum absolute atomic E-state index is 0.0315. The molecule has 5 saturated carbocycles. The van der Waals surface area contributed by atoms with E-state index < -0.39 is 71.6 Å². The first kappa shape index (κ1) is 43.2. The smallest absolute Gasteiger partial charge is 0.408 e. The first-order valence-electron chi connectivity index (χ1n) is 21.2. The Balaban J connectivity index is 0.911. The second-order valence-corrected chi connectivity index (χ2v) is 18.9. The number of aliphatic hydroxyl groups excluding tert-OH is 4. The zero-order valence-corrected chi connectivity index (χ0v) is 34.6. The van der Waals surface area contributed by atoms with Crippen molar-refractivity contribution in [2.45, 2.75) is 140 Å². The lowest BCUT2D eigenvalue weighted by atomic mass is 9.28. The molecule has 16 heteroatoms. The minimum Gasteiger partial charge on any atom is -0.447 e. The first-order chi connectivity index (χ1) is 28.0. The van der Waals surface area contributed by atoms with E-state index in [9.17, 15) is 39.8 Å². The Bertz CT molecular complexity index is 1800. The molecular weight excluding hydrogens is 762 g/mol. The molecule has 59 heavy (non-hydrogen) atoms. The van der Waals surface area contributed by atoms with Gasteiger partial charge in [0.1, 0.15) is 42.6 Å². The third kappa shape index (κ3) is 7.72. The summed E-state index contributed by atoms with van der Waals surface area (Å²) in [7, 11) is 0. The van der Waals surface area contributed by atoms with Gasteiger partial charge < -0.3 is 50.2 Å². The van der Waals surface area contributed by atoms with Crippen molar-refractivity contribution in [2.75, 3.05) is 32.9 Å². The Hall–Kier alpha value is -3.85. The Kier molecular flexibility index (Phi) is 12.1. The van der Waals surface area contributed by atoms with Crippen LogP contribution < -0.4 is 10.6 Å². The summed E-state index contributed by atoms with van der Waals surface area (Å²) in [5.41, 5.74) is -0.289. The number of likely N-dealkylation sites (N-methyl/N-ethyl adjacent to an activating group) is 1. The molecule has 6 N–H and O–H groups in total. The van der Waals surface area contributed by atoms with Crippen LogP contribution in [0.25, 0.3) is 0 Å². The molecule has 12 atom stereocenters. The summed E-state index contributed by atoms with van der Waals surface area (Å²) in [6, 6.07) is 8.52. The predicted molar refractivity (Wildman–Crippen MR) is 210 cm³/mol. The molecule has 5 aliphatic carbocycles. The van der Waals surface area contributed by atoms with E-state index in [1.165, 1.54) is 0 Å². The number of ether oxygens (including phenoxy) is 3. The number of nitriles is 1. The van der Waals surface area contributed by atoms with Crippen LogP contribution in [-0.4, -0.2) is 135 Å². The van der Waals surface area contributed by atoms with E-state index in [0.29, 0.717) is 43.7 Å². The fourth-order valence-corrected chi connectivity index (χ4v) is 12.1. The maximum absolute atomic E-state index is 14.7. The van der Waals surface area contributed by atoms with E-state index in [-0.39, 0.29) is 43.7 Å². The molecule has 1 aromatic carbocycles.